The number of carbonyl (C=O) groups is 1. The van der Waals surface area contributed by atoms with E-state index in [4.69, 9.17) is 29.7 Å². The summed E-state index contributed by atoms with van der Waals surface area (Å²) in [6.07, 6.45) is 3.90. The number of aldehydes is 1. The van der Waals surface area contributed by atoms with Gasteiger partial charge < -0.3 is 24.1 Å². The van der Waals surface area contributed by atoms with E-state index in [2.05, 4.69) is 16.4 Å². The zero-order valence-electron chi connectivity index (χ0n) is 23.3. The smallest absolute Gasteiger partial charge is 0.270 e. The monoisotopic (exact) mass is 534 g/mol. The van der Waals surface area contributed by atoms with Crippen molar-refractivity contribution in [3.05, 3.63) is 48.8 Å². The van der Waals surface area contributed by atoms with E-state index < -0.39 is 0 Å². The van der Waals surface area contributed by atoms with Gasteiger partial charge in [0, 0.05) is 38.2 Å². The lowest BCUT2D eigenvalue weighted by atomic mass is 9.99. The van der Waals surface area contributed by atoms with Crippen LogP contribution in [0.1, 0.15) is 19.8 Å². The van der Waals surface area contributed by atoms with Gasteiger partial charge in [0.1, 0.15) is 17.8 Å². The summed E-state index contributed by atoms with van der Waals surface area (Å²) in [5.74, 6) is 1.98. The molecule has 11 heteroatoms. The van der Waals surface area contributed by atoms with Crippen LogP contribution in [0.3, 0.4) is 0 Å². The third-order valence-electron chi connectivity index (χ3n) is 6.63. The number of methoxy groups -OCH3 is 1. The van der Waals surface area contributed by atoms with Crippen LogP contribution in [0.2, 0.25) is 0 Å². The molecule has 1 aromatic carbocycles. The molecular weight excluding hydrogens is 496 g/mol. The summed E-state index contributed by atoms with van der Waals surface area (Å²) in [5.41, 5.74) is 2.31. The normalized spacial score (nSPS) is 18.6. The fourth-order valence-electron chi connectivity index (χ4n) is 4.56. The van der Waals surface area contributed by atoms with Gasteiger partial charge in [0.05, 0.1) is 25.9 Å². The predicted octanol–water partition coefficient (Wildman–Crippen LogP) is 2.81. The minimum Gasteiger partial charge on any atom is -0.479 e. The zero-order valence-corrected chi connectivity index (χ0v) is 23.3. The second kappa shape index (κ2) is 13.3. The lowest BCUT2D eigenvalue weighted by Crippen LogP contribution is -2.44. The number of rotatable bonds is 9. The van der Waals surface area contributed by atoms with Crippen LogP contribution in [0.5, 0.6) is 5.88 Å². The molecule has 1 aromatic heterocycles. The Balaban J connectivity index is 1.85. The van der Waals surface area contributed by atoms with Crippen molar-refractivity contribution < 1.29 is 14.3 Å². The maximum absolute atomic E-state index is 11.7. The number of hydrazone groups is 1. The summed E-state index contributed by atoms with van der Waals surface area (Å²) in [6.45, 7) is 10.1. The van der Waals surface area contributed by atoms with Crippen molar-refractivity contribution in [3.63, 3.8) is 0 Å². The SMILES string of the molecule is C=C1N=C(C(CC=O)CCN(C)C)N(CC)/N=C(/n2cc(-c3ccccc3)c(OC)n2)N=C1N1CCOCC1. The van der Waals surface area contributed by atoms with Crippen LogP contribution >= 0.6 is 0 Å². The van der Waals surface area contributed by atoms with Crippen molar-refractivity contribution in [2.24, 2.45) is 21.0 Å². The Morgan fingerprint density at radius 3 is 2.56 bits per heavy atom. The number of hydrogen-bond donors (Lipinski definition) is 0. The molecule has 3 heterocycles. The molecule has 39 heavy (non-hydrogen) atoms. The second-order valence-corrected chi connectivity index (χ2v) is 9.62. The van der Waals surface area contributed by atoms with Gasteiger partial charge in [-0.05, 0) is 39.5 Å². The second-order valence-electron chi connectivity index (χ2n) is 9.62. The standard InChI is InChI=1S/C28H38N8O3/c1-6-35-26(23(13-17-37)12-14-33(3)4)29-21(2)25(34-15-18-39-19-16-34)30-28(32-35)36-20-24(27(31-36)38-5)22-10-8-7-9-11-22/h7-11,17,20,23H,2,6,12-16,18-19H2,1,3-5H3/b29-26?,30-25?,32-28+. The van der Waals surface area contributed by atoms with Crippen LogP contribution in [0, 0.1) is 5.92 Å². The van der Waals surface area contributed by atoms with Gasteiger partial charge in [-0.25, -0.2) is 14.7 Å². The van der Waals surface area contributed by atoms with E-state index in [0.29, 0.717) is 68.5 Å². The van der Waals surface area contributed by atoms with Crippen LogP contribution in [0.4, 0.5) is 0 Å². The van der Waals surface area contributed by atoms with Crippen molar-refractivity contribution in [2.75, 3.05) is 60.6 Å². The minimum absolute atomic E-state index is 0.136. The molecule has 0 bridgehead atoms. The summed E-state index contributed by atoms with van der Waals surface area (Å²) in [4.78, 5) is 25.8. The first kappa shape index (κ1) is 28.2. The Hall–Kier alpha value is -3.83. The highest BCUT2D eigenvalue weighted by Crippen LogP contribution is 2.29. The number of morpholine rings is 1. The van der Waals surface area contributed by atoms with Crippen LogP contribution in [0.25, 0.3) is 11.1 Å². The first-order valence-electron chi connectivity index (χ1n) is 13.3. The van der Waals surface area contributed by atoms with E-state index in [0.717, 1.165) is 30.4 Å². The van der Waals surface area contributed by atoms with Gasteiger partial charge in [0.15, 0.2) is 5.84 Å². The molecule has 1 unspecified atom stereocenters. The van der Waals surface area contributed by atoms with Crippen LogP contribution < -0.4 is 4.74 Å². The predicted molar refractivity (Wildman–Crippen MR) is 153 cm³/mol. The summed E-state index contributed by atoms with van der Waals surface area (Å²) >= 11 is 0. The summed E-state index contributed by atoms with van der Waals surface area (Å²) in [7, 11) is 5.63. The van der Waals surface area contributed by atoms with E-state index in [1.807, 2.05) is 57.5 Å². The van der Waals surface area contributed by atoms with Crippen molar-refractivity contribution >= 4 is 23.9 Å². The quantitative estimate of drug-likeness (QED) is 0.456. The first-order valence-corrected chi connectivity index (χ1v) is 13.3. The third-order valence-corrected chi connectivity index (χ3v) is 6.63. The van der Waals surface area contributed by atoms with E-state index in [-0.39, 0.29) is 5.92 Å². The molecule has 0 aliphatic carbocycles. The summed E-state index contributed by atoms with van der Waals surface area (Å²) in [5, 5.41) is 11.4. The zero-order chi connectivity index (χ0) is 27.8. The highest BCUT2D eigenvalue weighted by atomic mass is 16.5. The number of aliphatic imine (C=N–C) groups is 2. The number of carbonyl (C=O) groups excluding carboxylic acids is 1. The molecule has 2 aromatic rings. The maximum Gasteiger partial charge on any atom is 0.270 e. The molecule has 0 N–H and O–H groups in total. The molecule has 0 saturated carbocycles. The molecule has 1 saturated heterocycles. The Labute approximate surface area is 230 Å². The molecule has 1 atom stereocenters. The molecule has 0 amide bonds. The number of aromatic nitrogens is 2. The average Bonchev–Trinajstić information content (AvgIpc) is 3.39. The minimum atomic E-state index is -0.136. The molecular formula is C28H38N8O3. The van der Waals surface area contributed by atoms with Crippen molar-refractivity contribution in [1.82, 2.24) is 24.6 Å². The number of amidine groups is 2. The average molecular weight is 535 g/mol. The molecule has 208 valence electrons. The molecule has 2 aliphatic rings. The van der Waals surface area contributed by atoms with E-state index in [1.54, 1.807) is 16.8 Å². The number of benzene rings is 1. The Morgan fingerprint density at radius 2 is 1.92 bits per heavy atom. The Morgan fingerprint density at radius 1 is 1.18 bits per heavy atom. The van der Waals surface area contributed by atoms with Crippen molar-refractivity contribution in [2.45, 2.75) is 19.8 Å². The highest BCUT2D eigenvalue weighted by Gasteiger charge is 2.28. The lowest BCUT2D eigenvalue weighted by Gasteiger charge is -2.32. The van der Waals surface area contributed by atoms with Gasteiger partial charge >= 0.3 is 0 Å². The molecule has 11 nitrogen and oxygen atoms in total. The number of hydrogen-bond acceptors (Lipinski definition) is 10. The van der Waals surface area contributed by atoms with Crippen molar-refractivity contribution in [1.29, 1.82) is 0 Å². The molecule has 0 spiro atoms. The molecule has 4 rings (SSSR count). The van der Waals surface area contributed by atoms with Gasteiger partial charge in [0.2, 0.25) is 5.88 Å². The fourth-order valence-corrected chi connectivity index (χ4v) is 4.56. The van der Waals surface area contributed by atoms with E-state index >= 15 is 0 Å². The third kappa shape index (κ3) is 6.79. The Bertz CT molecular complexity index is 1230. The van der Waals surface area contributed by atoms with Crippen LogP contribution in [-0.4, -0.2) is 109 Å². The molecule has 1 fully saturated rings. The fraction of sp³-hybridized carbons (Fsp3) is 0.464. The van der Waals surface area contributed by atoms with E-state index in [1.165, 1.54) is 0 Å². The molecule has 0 radical (unpaired) electrons. The van der Waals surface area contributed by atoms with Gasteiger partial charge in [-0.2, -0.15) is 4.99 Å². The van der Waals surface area contributed by atoms with Gasteiger partial charge in [0.25, 0.3) is 5.96 Å². The Kier molecular flexibility index (Phi) is 9.61. The van der Waals surface area contributed by atoms with Gasteiger partial charge in [-0.15, -0.1) is 10.2 Å². The first-order chi connectivity index (χ1) is 18.9. The number of nitrogens with zero attached hydrogens (tertiary/aromatic N) is 8. The van der Waals surface area contributed by atoms with Crippen LogP contribution in [0.15, 0.2) is 63.9 Å². The number of ether oxygens (including phenoxy) is 2. The van der Waals surface area contributed by atoms with Crippen LogP contribution in [-0.2, 0) is 9.53 Å². The maximum atomic E-state index is 11.7. The van der Waals surface area contributed by atoms with E-state index in [9.17, 15) is 4.79 Å². The summed E-state index contributed by atoms with van der Waals surface area (Å²) in [6, 6.07) is 9.93. The summed E-state index contributed by atoms with van der Waals surface area (Å²) < 4.78 is 12.8. The van der Waals surface area contributed by atoms with Gasteiger partial charge in [-0.1, -0.05) is 36.9 Å². The van der Waals surface area contributed by atoms with Gasteiger partial charge in [-0.3, -0.25) is 0 Å². The topological polar surface area (TPSA) is 100 Å². The molecule has 2 aliphatic heterocycles. The largest absolute Gasteiger partial charge is 0.479 e. The highest BCUT2D eigenvalue weighted by molar-refractivity contribution is 6.08. The van der Waals surface area contributed by atoms with Crippen molar-refractivity contribution in [3.8, 4) is 17.0 Å². The lowest BCUT2D eigenvalue weighted by molar-refractivity contribution is -0.108.